The lowest BCUT2D eigenvalue weighted by molar-refractivity contribution is 0.0754. The van der Waals surface area contributed by atoms with Crippen molar-refractivity contribution in [1.29, 1.82) is 0 Å². The largest absolute Gasteiger partial charge is 0.366 e. The predicted molar refractivity (Wildman–Crippen MR) is 91.5 cm³/mol. The van der Waals surface area contributed by atoms with Crippen LogP contribution in [-0.2, 0) is 0 Å². The van der Waals surface area contributed by atoms with Gasteiger partial charge in [0.15, 0.2) is 5.69 Å². The second-order valence-electron chi connectivity index (χ2n) is 6.84. The van der Waals surface area contributed by atoms with Gasteiger partial charge in [-0.2, -0.15) is 0 Å². The first-order valence-corrected chi connectivity index (χ1v) is 9.22. The molecule has 1 amide bonds. The van der Waals surface area contributed by atoms with Gasteiger partial charge in [0, 0.05) is 19.1 Å². The summed E-state index contributed by atoms with van der Waals surface area (Å²) in [7, 11) is 0. The summed E-state index contributed by atoms with van der Waals surface area (Å²) in [5.41, 5.74) is 0.471. The van der Waals surface area contributed by atoms with Crippen LogP contribution in [0.25, 0.3) is 0 Å². The zero-order valence-electron chi connectivity index (χ0n) is 14.0. The molecule has 1 aliphatic heterocycles. The van der Waals surface area contributed by atoms with Gasteiger partial charge in [-0.05, 0) is 37.8 Å². The van der Waals surface area contributed by atoms with Gasteiger partial charge in [-0.3, -0.25) is 4.79 Å². The van der Waals surface area contributed by atoms with Crippen molar-refractivity contribution in [2.24, 2.45) is 0 Å². The highest BCUT2D eigenvalue weighted by molar-refractivity contribution is 5.92. The van der Waals surface area contributed by atoms with Gasteiger partial charge in [-0.15, -0.1) is 10.2 Å². The number of hydrogen-bond acceptors (Lipinski definition) is 4. The van der Waals surface area contributed by atoms with Crippen LogP contribution in [0.5, 0.6) is 0 Å². The first-order valence-electron chi connectivity index (χ1n) is 9.22. The van der Waals surface area contributed by atoms with Crippen LogP contribution in [0.4, 0.5) is 5.82 Å². The molecular weight excluding hydrogens is 288 g/mol. The number of carbonyl (C=O) groups is 1. The summed E-state index contributed by atoms with van der Waals surface area (Å²) in [6.45, 7) is 1.70. The number of nitrogens with zero attached hydrogens (tertiary/aromatic N) is 3. The van der Waals surface area contributed by atoms with Crippen molar-refractivity contribution in [1.82, 2.24) is 15.1 Å². The van der Waals surface area contributed by atoms with Gasteiger partial charge in [0.1, 0.15) is 5.82 Å². The molecule has 0 aromatic carbocycles. The summed E-state index contributed by atoms with van der Waals surface area (Å²) in [5, 5.41) is 11.9. The first kappa shape index (κ1) is 16.2. The molecule has 2 heterocycles. The Morgan fingerprint density at radius 1 is 0.913 bits per heavy atom. The fraction of sp³-hybridized carbons (Fsp3) is 0.722. The van der Waals surface area contributed by atoms with Crippen molar-refractivity contribution >= 4 is 11.7 Å². The number of aromatic nitrogens is 2. The quantitative estimate of drug-likeness (QED) is 0.865. The van der Waals surface area contributed by atoms with E-state index in [0.717, 1.165) is 31.7 Å². The van der Waals surface area contributed by atoms with Crippen molar-refractivity contribution in [3.8, 4) is 0 Å². The molecule has 1 saturated carbocycles. The average molecular weight is 316 g/mol. The molecule has 126 valence electrons. The lowest BCUT2D eigenvalue weighted by Crippen LogP contribution is -2.32. The van der Waals surface area contributed by atoms with Crippen molar-refractivity contribution < 1.29 is 4.79 Å². The van der Waals surface area contributed by atoms with Crippen LogP contribution in [0.2, 0.25) is 0 Å². The van der Waals surface area contributed by atoms with Gasteiger partial charge < -0.3 is 10.2 Å². The molecule has 1 saturated heterocycles. The highest BCUT2D eigenvalue weighted by atomic mass is 16.2. The molecule has 0 unspecified atom stereocenters. The summed E-state index contributed by atoms with van der Waals surface area (Å²) >= 11 is 0. The third-order valence-electron chi connectivity index (χ3n) is 4.98. The second-order valence-corrected chi connectivity index (χ2v) is 6.84. The Hall–Kier alpha value is -1.65. The molecule has 1 aliphatic carbocycles. The number of carbonyl (C=O) groups excluding carboxylic acids is 1. The van der Waals surface area contributed by atoms with Crippen LogP contribution in [-0.4, -0.2) is 40.1 Å². The molecule has 5 nitrogen and oxygen atoms in total. The van der Waals surface area contributed by atoms with Crippen LogP contribution in [0, 0.1) is 0 Å². The fourth-order valence-corrected chi connectivity index (χ4v) is 3.59. The molecule has 0 atom stereocenters. The van der Waals surface area contributed by atoms with E-state index >= 15 is 0 Å². The molecular formula is C18H28N4O. The minimum absolute atomic E-state index is 0.0282. The normalized spacial score (nSPS) is 20.6. The molecule has 0 radical (unpaired) electrons. The van der Waals surface area contributed by atoms with Crippen molar-refractivity contribution in [3.05, 3.63) is 17.8 Å². The number of likely N-dealkylation sites (tertiary alicyclic amines) is 1. The molecule has 0 spiro atoms. The SMILES string of the molecule is O=C(c1ccc(NC2CCCCCC2)nn1)N1CCCCCC1. The van der Waals surface area contributed by atoms with Crippen LogP contribution >= 0.6 is 0 Å². The van der Waals surface area contributed by atoms with Gasteiger partial charge >= 0.3 is 0 Å². The van der Waals surface area contributed by atoms with Crippen LogP contribution in [0.1, 0.15) is 74.7 Å². The maximum atomic E-state index is 12.5. The van der Waals surface area contributed by atoms with Gasteiger partial charge in [0.25, 0.3) is 5.91 Å². The minimum Gasteiger partial charge on any atom is -0.366 e. The maximum absolute atomic E-state index is 12.5. The van der Waals surface area contributed by atoms with Crippen molar-refractivity contribution in [3.63, 3.8) is 0 Å². The zero-order valence-corrected chi connectivity index (χ0v) is 14.0. The van der Waals surface area contributed by atoms with Crippen LogP contribution in [0.3, 0.4) is 0 Å². The molecule has 2 aliphatic rings. The van der Waals surface area contributed by atoms with E-state index in [2.05, 4.69) is 15.5 Å². The van der Waals surface area contributed by atoms with E-state index in [9.17, 15) is 4.79 Å². The lowest BCUT2D eigenvalue weighted by Gasteiger charge is -2.20. The third-order valence-corrected chi connectivity index (χ3v) is 4.98. The Balaban J connectivity index is 1.58. The van der Waals surface area contributed by atoms with Crippen LogP contribution in [0.15, 0.2) is 12.1 Å². The standard InChI is InChI=1S/C18H28N4O/c23-18(22-13-7-3-4-8-14-22)16-11-12-17(21-20-16)19-15-9-5-1-2-6-10-15/h11-12,15H,1-10,13-14H2,(H,19,21). The smallest absolute Gasteiger partial charge is 0.274 e. The van der Waals surface area contributed by atoms with Crippen LogP contribution < -0.4 is 5.32 Å². The zero-order chi connectivity index (χ0) is 15.9. The van der Waals surface area contributed by atoms with E-state index < -0.39 is 0 Å². The first-order chi connectivity index (χ1) is 11.3. The molecule has 1 aromatic heterocycles. The molecule has 3 rings (SSSR count). The van der Waals surface area contributed by atoms with E-state index in [4.69, 9.17) is 0 Å². The molecule has 23 heavy (non-hydrogen) atoms. The summed E-state index contributed by atoms with van der Waals surface area (Å²) < 4.78 is 0. The Morgan fingerprint density at radius 2 is 1.57 bits per heavy atom. The third kappa shape index (κ3) is 4.66. The summed E-state index contributed by atoms with van der Waals surface area (Å²) in [6.07, 6.45) is 12.3. The fourth-order valence-electron chi connectivity index (χ4n) is 3.59. The van der Waals surface area contributed by atoms with E-state index in [1.165, 1.54) is 51.4 Å². The van der Waals surface area contributed by atoms with Crippen molar-refractivity contribution in [2.45, 2.75) is 70.3 Å². The average Bonchev–Trinajstić information content (AvgIpc) is 3.00. The summed E-state index contributed by atoms with van der Waals surface area (Å²) in [5.74, 6) is 0.824. The number of hydrogen-bond donors (Lipinski definition) is 1. The molecule has 2 fully saturated rings. The topological polar surface area (TPSA) is 58.1 Å². The van der Waals surface area contributed by atoms with E-state index in [-0.39, 0.29) is 5.91 Å². The van der Waals surface area contributed by atoms with Gasteiger partial charge in [0.2, 0.25) is 0 Å². The monoisotopic (exact) mass is 316 g/mol. The van der Waals surface area contributed by atoms with E-state index in [1.807, 2.05) is 17.0 Å². The Bertz CT molecular complexity index is 486. The number of amides is 1. The van der Waals surface area contributed by atoms with E-state index in [1.54, 1.807) is 0 Å². The predicted octanol–water partition coefficient (Wildman–Crippen LogP) is 3.63. The molecule has 5 heteroatoms. The number of nitrogens with one attached hydrogen (secondary N) is 1. The van der Waals surface area contributed by atoms with Gasteiger partial charge in [-0.1, -0.05) is 38.5 Å². The van der Waals surface area contributed by atoms with Gasteiger partial charge in [-0.25, -0.2) is 0 Å². The summed E-state index contributed by atoms with van der Waals surface area (Å²) in [6, 6.07) is 4.22. The Kier molecular flexibility index (Phi) is 5.83. The number of rotatable bonds is 3. The Labute approximate surface area is 138 Å². The number of anilines is 1. The maximum Gasteiger partial charge on any atom is 0.274 e. The lowest BCUT2D eigenvalue weighted by atomic mass is 10.1. The molecule has 0 bridgehead atoms. The second kappa shape index (κ2) is 8.27. The highest BCUT2D eigenvalue weighted by Gasteiger charge is 2.19. The molecule has 1 aromatic rings. The van der Waals surface area contributed by atoms with E-state index in [0.29, 0.717) is 11.7 Å². The van der Waals surface area contributed by atoms with Crippen molar-refractivity contribution in [2.75, 3.05) is 18.4 Å². The molecule has 1 N–H and O–H groups in total. The minimum atomic E-state index is 0.0282. The highest BCUT2D eigenvalue weighted by Crippen LogP contribution is 2.20. The van der Waals surface area contributed by atoms with Gasteiger partial charge in [0.05, 0.1) is 0 Å². The Morgan fingerprint density at radius 3 is 2.17 bits per heavy atom. The summed E-state index contributed by atoms with van der Waals surface area (Å²) in [4.78, 5) is 14.4.